The van der Waals surface area contributed by atoms with Crippen LogP contribution in [0.1, 0.15) is 11.1 Å². The summed E-state index contributed by atoms with van der Waals surface area (Å²) in [7, 11) is -3.43. The molecule has 5 heteroatoms. The second-order valence-corrected chi connectivity index (χ2v) is 6.10. The van der Waals surface area contributed by atoms with Crippen molar-refractivity contribution in [1.29, 1.82) is 5.26 Å². The van der Waals surface area contributed by atoms with Crippen LogP contribution >= 0.6 is 0 Å². The molecule has 2 rings (SSSR count). The first-order valence-electron chi connectivity index (χ1n) is 6.09. The molecule has 0 unspecified atom stereocenters. The number of nitrogens with zero attached hydrogens (tertiary/aromatic N) is 1. The minimum atomic E-state index is -3.43. The van der Waals surface area contributed by atoms with Crippen molar-refractivity contribution in [1.82, 2.24) is 0 Å². The van der Waals surface area contributed by atoms with Crippen molar-refractivity contribution in [2.24, 2.45) is 0 Å². The van der Waals surface area contributed by atoms with Crippen LogP contribution in [0.3, 0.4) is 0 Å². The maximum atomic E-state index is 12.0. The molecule has 0 heterocycles. The van der Waals surface area contributed by atoms with E-state index in [-0.39, 0.29) is 5.75 Å². The average molecular weight is 286 g/mol. The van der Waals surface area contributed by atoms with Gasteiger partial charge in [0.2, 0.25) is 10.0 Å². The van der Waals surface area contributed by atoms with Crippen molar-refractivity contribution in [3.8, 4) is 6.07 Å². The van der Waals surface area contributed by atoms with Gasteiger partial charge in [-0.25, -0.2) is 8.42 Å². The van der Waals surface area contributed by atoms with Crippen molar-refractivity contribution in [2.75, 3.05) is 4.72 Å². The SMILES string of the molecule is N#CCc1ccc(NS(=O)(=O)Cc2ccccc2)cc1. The molecule has 0 atom stereocenters. The van der Waals surface area contributed by atoms with E-state index in [1.165, 1.54) is 0 Å². The van der Waals surface area contributed by atoms with Gasteiger partial charge in [-0.15, -0.1) is 0 Å². The van der Waals surface area contributed by atoms with Gasteiger partial charge < -0.3 is 0 Å². The van der Waals surface area contributed by atoms with Gasteiger partial charge in [0.15, 0.2) is 0 Å². The van der Waals surface area contributed by atoms with E-state index in [0.29, 0.717) is 12.1 Å². The highest BCUT2D eigenvalue weighted by Gasteiger charge is 2.11. The lowest BCUT2D eigenvalue weighted by atomic mass is 10.1. The van der Waals surface area contributed by atoms with E-state index >= 15 is 0 Å². The summed E-state index contributed by atoms with van der Waals surface area (Å²) in [4.78, 5) is 0. The zero-order valence-electron chi connectivity index (χ0n) is 10.8. The van der Waals surface area contributed by atoms with Crippen LogP contribution in [0.4, 0.5) is 5.69 Å². The third-order valence-corrected chi connectivity index (χ3v) is 3.97. The van der Waals surface area contributed by atoms with Gasteiger partial charge in [0.05, 0.1) is 18.2 Å². The average Bonchev–Trinajstić information content (AvgIpc) is 2.41. The Morgan fingerprint density at radius 2 is 1.60 bits per heavy atom. The fourth-order valence-corrected chi connectivity index (χ4v) is 2.99. The van der Waals surface area contributed by atoms with Crippen molar-refractivity contribution in [2.45, 2.75) is 12.2 Å². The number of hydrogen-bond donors (Lipinski definition) is 1. The molecule has 0 aliphatic carbocycles. The molecule has 0 bridgehead atoms. The molecule has 1 N–H and O–H groups in total. The second kappa shape index (κ2) is 6.22. The third kappa shape index (κ3) is 4.11. The first-order chi connectivity index (χ1) is 9.59. The van der Waals surface area contributed by atoms with Gasteiger partial charge in [-0.2, -0.15) is 5.26 Å². The normalized spacial score (nSPS) is 10.8. The molecule has 2 aromatic rings. The summed E-state index contributed by atoms with van der Waals surface area (Å²) < 4.78 is 26.6. The summed E-state index contributed by atoms with van der Waals surface area (Å²) in [6.45, 7) is 0. The lowest BCUT2D eigenvalue weighted by Crippen LogP contribution is -2.15. The molecule has 0 aromatic heterocycles. The predicted octanol–water partition coefficient (Wildman–Crippen LogP) is 2.69. The van der Waals surface area contributed by atoms with Gasteiger partial charge in [0.25, 0.3) is 0 Å². The van der Waals surface area contributed by atoms with Crippen LogP contribution in [-0.4, -0.2) is 8.42 Å². The van der Waals surface area contributed by atoms with Crippen LogP contribution in [-0.2, 0) is 22.2 Å². The number of nitrogens with one attached hydrogen (secondary N) is 1. The van der Waals surface area contributed by atoms with Gasteiger partial charge in [0.1, 0.15) is 0 Å². The first kappa shape index (κ1) is 14.1. The molecular weight excluding hydrogens is 272 g/mol. The van der Waals surface area contributed by atoms with Crippen LogP contribution in [0, 0.1) is 11.3 Å². The van der Waals surface area contributed by atoms with E-state index < -0.39 is 10.0 Å². The Bertz CT molecular complexity index is 702. The maximum Gasteiger partial charge on any atom is 0.236 e. The molecule has 4 nitrogen and oxygen atoms in total. The lowest BCUT2D eigenvalue weighted by Gasteiger charge is -2.08. The zero-order valence-corrected chi connectivity index (χ0v) is 11.6. The summed E-state index contributed by atoms with van der Waals surface area (Å²) >= 11 is 0. The molecule has 2 aromatic carbocycles. The Morgan fingerprint density at radius 3 is 2.20 bits per heavy atom. The smallest absolute Gasteiger partial charge is 0.236 e. The largest absolute Gasteiger partial charge is 0.283 e. The van der Waals surface area contributed by atoms with Crippen LogP contribution in [0.25, 0.3) is 0 Å². The van der Waals surface area contributed by atoms with Gasteiger partial charge >= 0.3 is 0 Å². The molecule has 0 radical (unpaired) electrons. The van der Waals surface area contributed by atoms with E-state index in [2.05, 4.69) is 4.72 Å². The van der Waals surface area contributed by atoms with Gasteiger partial charge in [-0.05, 0) is 23.3 Å². The van der Waals surface area contributed by atoms with Crippen molar-refractivity contribution < 1.29 is 8.42 Å². The number of sulfonamides is 1. The molecule has 102 valence electrons. The number of benzene rings is 2. The van der Waals surface area contributed by atoms with Gasteiger partial charge in [-0.3, -0.25) is 4.72 Å². The summed E-state index contributed by atoms with van der Waals surface area (Å²) in [5, 5.41) is 8.58. The predicted molar refractivity (Wildman–Crippen MR) is 78.4 cm³/mol. The number of rotatable bonds is 5. The highest BCUT2D eigenvalue weighted by molar-refractivity contribution is 7.91. The Kier molecular flexibility index (Phi) is 4.38. The number of hydrogen-bond acceptors (Lipinski definition) is 3. The van der Waals surface area contributed by atoms with E-state index in [1.54, 1.807) is 36.4 Å². The quantitative estimate of drug-likeness (QED) is 0.918. The van der Waals surface area contributed by atoms with Gasteiger partial charge in [0, 0.05) is 5.69 Å². The fourth-order valence-electron chi connectivity index (χ4n) is 1.79. The molecule has 0 amide bonds. The molecule has 0 aliphatic rings. The molecular formula is C15H14N2O2S. The zero-order chi connectivity index (χ0) is 14.4. The lowest BCUT2D eigenvalue weighted by molar-refractivity contribution is 0.600. The van der Waals surface area contributed by atoms with Crippen LogP contribution in [0.2, 0.25) is 0 Å². The number of anilines is 1. The highest BCUT2D eigenvalue weighted by atomic mass is 32.2. The Morgan fingerprint density at radius 1 is 0.950 bits per heavy atom. The second-order valence-electron chi connectivity index (χ2n) is 4.38. The maximum absolute atomic E-state index is 12.0. The number of nitriles is 1. The standard InChI is InChI=1S/C15H14N2O2S/c16-11-10-13-6-8-15(9-7-13)17-20(18,19)12-14-4-2-1-3-5-14/h1-9,17H,10,12H2. The molecule has 0 aliphatic heterocycles. The molecule has 20 heavy (non-hydrogen) atoms. The van der Waals surface area contributed by atoms with E-state index in [1.807, 2.05) is 24.3 Å². The molecule has 0 fully saturated rings. The van der Waals surface area contributed by atoms with E-state index in [9.17, 15) is 8.42 Å². The molecule has 0 spiro atoms. The summed E-state index contributed by atoms with van der Waals surface area (Å²) in [5.74, 6) is -0.0617. The third-order valence-electron chi connectivity index (χ3n) is 2.71. The van der Waals surface area contributed by atoms with Crippen molar-refractivity contribution >= 4 is 15.7 Å². The van der Waals surface area contributed by atoms with Crippen LogP contribution in [0.15, 0.2) is 54.6 Å². The van der Waals surface area contributed by atoms with Crippen molar-refractivity contribution in [3.05, 3.63) is 65.7 Å². The Balaban J connectivity index is 2.06. The van der Waals surface area contributed by atoms with Crippen molar-refractivity contribution in [3.63, 3.8) is 0 Å². The minimum Gasteiger partial charge on any atom is -0.283 e. The minimum absolute atomic E-state index is 0.0617. The first-order valence-corrected chi connectivity index (χ1v) is 7.74. The van der Waals surface area contributed by atoms with Crippen LogP contribution < -0.4 is 4.72 Å². The summed E-state index contributed by atoms with van der Waals surface area (Å²) in [6.07, 6.45) is 0.317. The summed E-state index contributed by atoms with van der Waals surface area (Å²) in [5.41, 5.74) is 2.10. The topological polar surface area (TPSA) is 70.0 Å². The summed E-state index contributed by atoms with van der Waals surface area (Å²) in [6, 6.07) is 17.9. The molecule has 0 saturated heterocycles. The van der Waals surface area contributed by atoms with Crippen LogP contribution in [0.5, 0.6) is 0 Å². The van der Waals surface area contributed by atoms with Gasteiger partial charge in [-0.1, -0.05) is 42.5 Å². The highest BCUT2D eigenvalue weighted by Crippen LogP contribution is 2.14. The molecule has 0 saturated carbocycles. The Hall–Kier alpha value is -2.32. The van der Waals surface area contributed by atoms with E-state index in [0.717, 1.165) is 11.1 Å². The van der Waals surface area contributed by atoms with E-state index in [4.69, 9.17) is 5.26 Å². The fraction of sp³-hybridized carbons (Fsp3) is 0.133. The monoisotopic (exact) mass is 286 g/mol. The Labute approximate surface area is 118 Å².